The van der Waals surface area contributed by atoms with Gasteiger partial charge in [-0.3, -0.25) is 9.69 Å². The number of carbonyl (C=O) groups is 1. The van der Waals surface area contributed by atoms with E-state index < -0.39 is 17.5 Å². The summed E-state index contributed by atoms with van der Waals surface area (Å²) >= 11 is 0. The number of rotatable bonds is 4. The summed E-state index contributed by atoms with van der Waals surface area (Å²) in [5, 5.41) is 2.59. The quantitative estimate of drug-likeness (QED) is 0.888. The number of ether oxygens (including phenoxy) is 1. The number of nitrogens with zero attached hydrogens (tertiary/aromatic N) is 1. The summed E-state index contributed by atoms with van der Waals surface area (Å²) in [6, 6.07) is 2.84. The van der Waals surface area contributed by atoms with Crippen molar-refractivity contribution in [2.24, 2.45) is 0 Å². The van der Waals surface area contributed by atoms with Crippen LogP contribution in [0.25, 0.3) is 0 Å². The van der Waals surface area contributed by atoms with Gasteiger partial charge < -0.3 is 10.1 Å². The lowest BCUT2D eigenvalue weighted by Crippen LogP contribution is -2.41. The topological polar surface area (TPSA) is 41.6 Å². The Balaban J connectivity index is 1.82. The van der Waals surface area contributed by atoms with Crippen molar-refractivity contribution in [1.29, 1.82) is 0 Å². The Morgan fingerprint density at radius 1 is 1.32 bits per heavy atom. The molecule has 1 aromatic carbocycles. The van der Waals surface area contributed by atoms with Crippen LogP contribution < -0.4 is 5.32 Å². The fraction of sp³-hybridized carbons (Fsp3) is 0.462. The normalized spacial score (nSPS) is 16.3. The minimum Gasteiger partial charge on any atom is -0.379 e. The number of nitrogens with one attached hydrogen (secondary N) is 1. The van der Waals surface area contributed by atoms with Crippen molar-refractivity contribution in [1.82, 2.24) is 10.2 Å². The van der Waals surface area contributed by atoms with E-state index in [-0.39, 0.29) is 5.56 Å². The van der Waals surface area contributed by atoms with Crippen molar-refractivity contribution in [3.8, 4) is 0 Å². The minimum absolute atomic E-state index is 0.262. The highest BCUT2D eigenvalue weighted by atomic mass is 19.1. The second-order valence-electron chi connectivity index (χ2n) is 4.33. The van der Waals surface area contributed by atoms with Crippen LogP contribution >= 0.6 is 0 Å². The Hall–Kier alpha value is -1.53. The van der Waals surface area contributed by atoms with Gasteiger partial charge in [0.1, 0.15) is 11.6 Å². The van der Waals surface area contributed by atoms with Crippen molar-refractivity contribution in [2.45, 2.75) is 0 Å². The second-order valence-corrected chi connectivity index (χ2v) is 4.33. The van der Waals surface area contributed by atoms with Gasteiger partial charge in [-0.15, -0.1) is 0 Å². The Morgan fingerprint density at radius 2 is 2.05 bits per heavy atom. The molecular formula is C13H16F2N2O2. The van der Waals surface area contributed by atoms with E-state index in [1.807, 2.05) is 0 Å². The molecule has 0 radical (unpaired) electrons. The summed E-state index contributed by atoms with van der Waals surface area (Å²) in [6.45, 7) is 4.09. The lowest BCUT2D eigenvalue weighted by molar-refractivity contribution is 0.0383. The van der Waals surface area contributed by atoms with Gasteiger partial charge in [-0.25, -0.2) is 8.78 Å². The van der Waals surface area contributed by atoms with Gasteiger partial charge in [-0.1, -0.05) is 0 Å². The molecule has 0 aromatic heterocycles. The van der Waals surface area contributed by atoms with E-state index in [4.69, 9.17) is 4.74 Å². The van der Waals surface area contributed by atoms with Crippen LogP contribution in [0.5, 0.6) is 0 Å². The molecule has 1 fully saturated rings. The smallest absolute Gasteiger partial charge is 0.254 e. The lowest BCUT2D eigenvalue weighted by atomic mass is 10.2. The molecular weight excluding hydrogens is 254 g/mol. The van der Waals surface area contributed by atoms with Gasteiger partial charge >= 0.3 is 0 Å². The second kappa shape index (κ2) is 6.58. The van der Waals surface area contributed by atoms with E-state index in [0.29, 0.717) is 26.3 Å². The van der Waals surface area contributed by atoms with Crippen LogP contribution in [0.15, 0.2) is 18.2 Å². The number of carbonyl (C=O) groups excluding carboxylic acids is 1. The molecule has 104 valence electrons. The molecule has 0 unspecified atom stereocenters. The Labute approximate surface area is 110 Å². The minimum atomic E-state index is -0.717. The van der Waals surface area contributed by atoms with E-state index in [1.165, 1.54) is 0 Å². The van der Waals surface area contributed by atoms with E-state index >= 15 is 0 Å². The summed E-state index contributed by atoms with van der Waals surface area (Å²) in [5.41, 5.74) is -0.262. The van der Waals surface area contributed by atoms with Crippen LogP contribution in [0.1, 0.15) is 10.4 Å². The number of hydrogen-bond donors (Lipinski definition) is 1. The van der Waals surface area contributed by atoms with E-state index in [1.54, 1.807) is 0 Å². The first kappa shape index (κ1) is 13.9. The summed E-state index contributed by atoms with van der Waals surface area (Å²) in [7, 11) is 0. The Kier molecular flexibility index (Phi) is 4.81. The van der Waals surface area contributed by atoms with Crippen LogP contribution in [0.2, 0.25) is 0 Å². The first-order valence-electron chi connectivity index (χ1n) is 6.20. The number of amides is 1. The maximum Gasteiger partial charge on any atom is 0.254 e. The Morgan fingerprint density at radius 3 is 2.79 bits per heavy atom. The molecule has 2 rings (SSSR count). The van der Waals surface area contributed by atoms with Gasteiger partial charge in [0.15, 0.2) is 0 Å². The van der Waals surface area contributed by atoms with Gasteiger partial charge in [0, 0.05) is 26.2 Å². The maximum atomic E-state index is 13.3. The molecule has 1 N–H and O–H groups in total. The van der Waals surface area contributed by atoms with Crippen molar-refractivity contribution in [3.63, 3.8) is 0 Å². The molecule has 1 heterocycles. The first-order valence-corrected chi connectivity index (χ1v) is 6.20. The van der Waals surface area contributed by atoms with Gasteiger partial charge in [0.2, 0.25) is 0 Å². The van der Waals surface area contributed by atoms with Crippen LogP contribution in [0.4, 0.5) is 8.78 Å². The Bertz CT molecular complexity index is 448. The zero-order chi connectivity index (χ0) is 13.7. The molecule has 4 nitrogen and oxygen atoms in total. The lowest BCUT2D eigenvalue weighted by Gasteiger charge is -2.26. The van der Waals surface area contributed by atoms with Crippen molar-refractivity contribution < 1.29 is 18.3 Å². The van der Waals surface area contributed by atoms with Crippen molar-refractivity contribution in [3.05, 3.63) is 35.4 Å². The number of morpholine rings is 1. The van der Waals surface area contributed by atoms with Crippen molar-refractivity contribution >= 4 is 5.91 Å². The third-order valence-electron chi connectivity index (χ3n) is 2.99. The van der Waals surface area contributed by atoms with Gasteiger partial charge in [-0.2, -0.15) is 0 Å². The van der Waals surface area contributed by atoms with Crippen LogP contribution in [-0.2, 0) is 4.74 Å². The zero-order valence-corrected chi connectivity index (χ0v) is 10.5. The van der Waals surface area contributed by atoms with Gasteiger partial charge in [0.05, 0.1) is 18.8 Å². The van der Waals surface area contributed by atoms with Gasteiger partial charge in [-0.05, 0) is 18.2 Å². The maximum absolute atomic E-state index is 13.3. The van der Waals surface area contributed by atoms with E-state index in [0.717, 1.165) is 31.3 Å². The fourth-order valence-electron chi connectivity index (χ4n) is 1.92. The molecule has 6 heteroatoms. The molecule has 1 aliphatic rings. The molecule has 0 spiro atoms. The highest BCUT2D eigenvalue weighted by Gasteiger charge is 2.14. The highest BCUT2D eigenvalue weighted by molar-refractivity contribution is 5.94. The molecule has 1 aromatic rings. The van der Waals surface area contributed by atoms with E-state index in [9.17, 15) is 13.6 Å². The predicted molar refractivity (Wildman–Crippen MR) is 66.0 cm³/mol. The fourth-order valence-corrected chi connectivity index (χ4v) is 1.92. The first-order chi connectivity index (χ1) is 9.16. The molecule has 19 heavy (non-hydrogen) atoms. The predicted octanol–water partition coefficient (Wildman–Crippen LogP) is 1.03. The van der Waals surface area contributed by atoms with Crippen LogP contribution in [-0.4, -0.2) is 50.2 Å². The molecule has 0 atom stereocenters. The van der Waals surface area contributed by atoms with Gasteiger partial charge in [0.25, 0.3) is 5.91 Å². The summed E-state index contributed by atoms with van der Waals surface area (Å²) in [5.74, 6) is -1.93. The number of hydrogen-bond acceptors (Lipinski definition) is 3. The molecule has 1 amide bonds. The van der Waals surface area contributed by atoms with Crippen LogP contribution in [0.3, 0.4) is 0 Å². The zero-order valence-electron chi connectivity index (χ0n) is 10.5. The molecule has 0 saturated carbocycles. The molecule has 1 aliphatic heterocycles. The monoisotopic (exact) mass is 270 g/mol. The summed E-state index contributed by atoms with van der Waals surface area (Å²) in [4.78, 5) is 13.8. The molecule has 0 bridgehead atoms. The largest absolute Gasteiger partial charge is 0.379 e. The average molecular weight is 270 g/mol. The van der Waals surface area contributed by atoms with E-state index in [2.05, 4.69) is 10.2 Å². The van der Waals surface area contributed by atoms with Crippen molar-refractivity contribution in [2.75, 3.05) is 39.4 Å². The highest BCUT2D eigenvalue weighted by Crippen LogP contribution is 2.09. The standard InChI is InChI=1S/C13H16F2N2O2/c14-10-1-2-12(15)11(9-10)13(18)16-3-4-17-5-7-19-8-6-17/h1-2,9H,3-8H2,(H,16,18). The third-order valence-corrected chi connectivity index (χ3v) is 2.99. The average Bonchev–Trinajstić information content (AvgIpc) is 2.42. The summed E-state index contributed by atoms with van der Waals surface area (Å²) in [6.07, 6.45) is 0. The number of benzene rings is 1. The molecule has 1 saturated heterocycles. The third kappa shape index (κ3) is 3.97. The summed E-state index contributed by atoms with van der Waals surface area (Å²) < 4.78 is 31.5. The number of halogens is 2. The molecule has 0 aliphatic carbocycles. The van der Waals surface area contributed by atoms with Crippen LogP contribution in [0, 0.1) is 11.6 Å². The SMILES string of the molecule is O=C(NCCN1CCOCC1)c1cc(F)ccc1F.